The molecule has 16 heavy (non-hydrogen) atoms. The van der Waals surface area contributed by atoms with E-state index in [1.807, 2.05) is 12.1 Å². The van der Waals surface area contributed by atoms with Crippen LogP contribution >= 0.6 is 23.4 Å². The molecule has 2 atom stereocenters. The number of hydrogen-bond acceptors (Lipinski definition) is 2. The minimum atomic E-state index is 0.706. The van der Waals surface area contributed by atoms with Crippen molar-refractivity contribution in [2.24, 2.45) is 0 Å². The third-order valence-electron chi connectivity index (χ3n) is 3.20. The van der Waals surface area contributed by atoms with Gasteiger partial charge in [-0.1, -0.05) is 30.2 Å². The molecule has 1 aromatic carbocycles. The summed E-state index contributed by atoms with van der Waals surface area (Å²) in [4.78, 5) is 0. The van der Waals surface area contributed by atoms with Crippen molar-refractivity contribution in [2.75, 3.05) is 7.05 Å². The highest BCUT2D eigenvalue weighted by molar-refractivity contribution is 7.99. The number of benzene rings is 1. The van der Waals surface area contributed by atoms with Crippen molar-refractivity contribution in [2.45, 2.75) is 36.3 Å². The summed E-state index contributed by atoms with van der Waals surface area (Å²) in [7, 11) is 2.08. The molecular formula is C13H18ClNS. The fourth-order valence-corrected chi connectivity index (χ4v) is 3.80. The molecule has 3 heteroatoms. The molecule has 2 unspecified atom stereocenters. The lowest BCUT2D eigenvalue weighted by atomic mass is 10.2. The van der Waals surface area contributed by atoms with Crippen molar-refractivity contribution in [1.29, 1.82) is 0 Å². The molecule has 2 rings (SSSR count). The van der Waals surface area contributed by atoms with Gasteiger partial charge in [0.2, 0.25) is 0 Å². The Kier molecular flexibility index (Phi) is 4.56. The molecule has 1 aliphatic carbocycles. The van der Waals surface area contributed by atoms with Crippen LogP contribution in [0, 0.1) is 0 Å². The minimum Gasteiger partial charge on any atom is -0.316 e. The zero-order valence-corrected chi connectivity index (χ0v) is 11.2. The molecule has 0 aromatic heterocycles. The molecule has 0 heterocycles. The van der Waals surface area contributed by atoms with Gasteiger partial charge in [0.15, 0.2) is 0 Å². The Hall–Kier alpha value is -0.180. The van der Waals surface area contributed by atoms with Crippen LogP contribution in [0.4, 0.5) is 0 Å². The van der Waals surface area contributed by atoms with E-state index in [0.717, 1.165) is 16.0 Å². The highest BCUT2D eigenvalue weighted by Crippen LogP contribution is 2.32. The van der Waals surface area contributed by atoms with E-state index in [4.69, 9.17) is 11.6 Å². The Morgan fingerprint density at radius 2 is 2.06 bits per heavy atom. The average molecular weight is 256 g/mol. The smallest absolute Gasteiger partial charge is 0.0406 e. The summed E-state index contributed by atoms with van der Waals surface area (Å²) in [6.45, 7) is 0. The van der Waals surface area contributed by atoms with Crippen LogP contribution in [0.3, 0.4) is 0 Å². The molecule has 88 valence electrons. The Balaban J connectivity index is 1.85. The van der Waals surface area contributed by atoms with Gasteiger partial charge in [0.25, 0.3) is 0 Å². The molecular weight excluding hydrogens is 238 g/mol. The quantitative estimate of drug-likeness (QED) is 0.880. The monoisotopic (exact) mass is 255 g/mol. The van der Waals surface area contributed by atoms with Crippen molar-refractivity contribution < 1.29 is 0 Å². The van der Waals surface area contributed by atoms with E-state index in [1.165, 1.54) is 24.8 Å². The number of thioether (sulfide) groups is 1. The predicted molar refractivity (Wildman–Crippen MR) is 73.2 cm³/mol. The molecule has 0 bridgehead atoms. The third kappa shape index (κ3) is 3.16. The minimum absolute atomic E-state index is 0.706. The Morgan fingerprint density at radius 1 is 1.31 bits per heavy atom. The first kappa shape index (κ1) is 12.3. The van der Waals surface area contributed by atoms with Crippen molar-refractivity contribution in [3.63, 3.8) is 0 Å². The van der Waals surface area contributed by atoms with E-state index in [0.29, 0.717) is 6.04 Å². The summed E-state index contributed by atoms with van der Waals surface area (Å²) in [5.41, 5.74) is 1.37. The van der Waals surface area contributed by atoms with Gasteiger partial charge in [-0.05, 0) is 37.6 Å². The number of hydrogen-bond donors (Lipinski definition) is 1. The van der Waals surface area contributed by atoms with Crippen LogP contribution in [0.1, 0.15) is 24.8 Å². The molecule has 0 aliphatic heterocycles. The number of rotatable bonds is 4. The third-order valence-corrected chi connectivity index (χ3v) is 4.95. The maximum Gasteiger partial charge on any atom is 0.0406 e. The standard InChI is InChI=1S/C13H18ClNS/c1-15-12-3-2-4-13(12)16-9-10-5-7-11(14)8-6-10/h5-8,12-13,15H,2-4,9H2,1H3. The van der Waals surface area contributed by atoms with Gasteiger partial charge in [-0.3, -0.25) is 0 Å². The van der Waals surface area contributed by atoms with Gasteiger partial charge in [-0.2, -0.15) is 11.8 Å². The largest absolute Gasteiger partial charge is 0.316 e. The van der Waals surface area contributed by atoms with E-state index in [2.05, 4.69) is 36.3 Å². The van der Waals surface area contributed by atoms with Crippen molar-refractivity contribution in [3.8, 4) is 0 Å². The van der Waals surface area contributed by atoms with Crippen molar-refractivity contribution in [3.05, 3.63) is 34.9 Å². The highest BCUT2D eigenvalue weighted by atomic mass is 35.5. The first-order chi connectivity index (χ1) is 7.79. The van der Waals surface area contributed by atoms with Crippen LogP contribution in [0.2, 0.25) is 5.02 Å². The fraction of sp³-hybridized carbons (Fsp3) is 0.538. The van der Waals surface area contributed by atoms with Crippen LogP contribution < -0.4 is 5.32 Å². The second kappa shape index (κ2) is 5.95. The summed E-state index contributed by atoms with van der Waals surface area (Å²) < 4.78 is 0. The van der Waals surface area contributed by atoms with E-state index < -0.39 is 0 Å². The van der Waals surface area contributed by atoms with Crippen LogP contribution in [0.25, 0.3) is 0 Å². The molecule has 1 N–H and O–H groups in total. The van der Waals surface area contributed by atoms with Crippen LogP contribution in [0.15, 0.2) is 24.3 Å². The number of nitrogens with one attached hydrogen (secondary N) is 1. The second-order valence-corrected chi connectivity index (χ2v) is 5.97. The van der Waals surface area contributed by atoms with Gasteiger partial charge in [-0.25, -0.2) is 0 Å². The van der Waals surface area contributed by atoms with Gasteiger partial charge in [0.1, 0.15) is 0 Å². The molecule has 1 fully saturated rings. The summed E-state index contributed by atoms with van der Waals surface area (Å²) in [5, 5.41) is 5.02. The Bertz CT molecular complexity index is 325. The Morgan fingerprint density at radius 3 is 2.75 bits per heavy atom. The van der Waals surface area contributed by atoms with Crippen molar-refractivity contribution in [1.82, 2.24) is 5.32 Å². The molecule has 1 aromatic rings. The van der Waals surface area contributed by atoms with E-state index >= 15 is 0 Å². The molecule has 0 saturated heterocycles. The maximum absolute atomic E-state index is 5.87. The van der Waals surface area contributed by atoms with Gasteiger partial charge >= 0.3 is 0 Å². The molecule has 1 nitrogen and oxygen atoms in total. The average Bonchev–Trinajstić information content (AvgIpc) is 2.76. The normalized spacial score (nSPS) is 24.9. The fourth-order valence-electron chi connectivity index (χ4n) is 2.24. The zero-order chi connectivity index (χ0) is 11.4. The van der Waals surface area contributed by atoms with Gasteiger partial charge in [0, 0.05) is 22.1 Å². The molecule has 1 aliphatic rings. The zero-order valence-electron chi connectivity index (χ0n) is 9.58. The first-order valence-electron chi connectivity index (χ1n) is 5.83. The van der Waals surface area contributed by atoms with Crippen LogP contribution in [-0.4, -0.2) is 18.3 Å². The van der Waals surface area contributed by atoms with E-state index in [-0.39, 0.29) is 0 Å². The second-order valence-electron chi connectivity index (χ2n) is 4.30. The first-order valence-corrected chi connectivity index (χ1v) is 7.25. The summed E-state index contributed by atoms with van der Waals surface area (Å²) >= 11 is 7.94. The maximum atomic E-state index is 5.87. The topological polar surface area (TPSA) is 12.0 Å². The lowest BCUT2D eigenvalue weighted by molar-refractivity contribution is 0.591. The molecule has 0 amide bonds. The van der Waals surface area contributed by atoms with Crippen LogP contribution in [-0.2, 0) is 5.75 Å². The van der Waals surface area contributed by atoms with Gasteiger partial charge in [-0.15, -0.1) is 0 Å². The highest BCUT2D eigenvalue weighted by Gasteiger charge is 2.25. The molecule has 0 radical (unpaired) electrons. The lowest BCUT2D eigenvalue weighted by Gasteiger charge is -2.18. The summed E-state index contributed by atoms with van der Waals surface area (Å²) in [6, 6.07) is 8.90. The summed E-state index contributed by atoms with van der Waals surface area (Å²) in [6.07, 6.45) is 4.04. The predicted octanol–water partition coefficient (Wildman–Crippen LogP) is 3.71. The number of halogens is 1. The lowest BCUT2D eigenvalue weighted by Crippen LogP contribution is -2.30. The summed E-state index contributed by atoms with van der Waals surface area (Å²) in [5.74, 6) is 1.10. The van der Waals surface area contributed by atoms with Gasteiger partial charge in [0.05, 0.1) is 0 Å². The van der Waals surface area contributed by atoms with Crippen LogP contribution in [0.5, 0.6) is 0 Å². The van der Waals surface area contributed by atoms with E-state index in [1.54, 1.807) is 0 Å². The van der Waals surface area contributed by atoms with Gasteiger partial charge < -0.3 is 5.32 Å². The van der Waals surface area contributed by atoms with E-state index in [9.17, 15) is 0 Å². The Labute approximate surface area is 107 Å². The van der Waals surface area contributed by atoms with Crippen molar-refractivity contribution >= 4 is 23.4 Å². The molecule has 0 spiro atoms. The molecule has 1 saturated carbocycles. The SMILES string of the molecule is CNC1CCCC1SCc1ccc(Cl)cc1.